The molecule has 0 radical (unpaired) electrons. The van der Waals surface area contributed by atoms with E-state index in [-0.39, 0.29) is 5.56 Å². The lowest BCUT2D eigenvalue weighted by atomic mass is 10.00. The highest BCUT2D eigenvalue weighted by atomic mass is 16.1. The van der Waals surface area contributed by atoms with Gasteiger partial charge in [0.2, 0.25) is 5.95 Å². The van der Waals surface area contributed by atoms with E-state index in [4.69, 9.17) is 4.98 Å². The first kappa shape index (κ1) is 17.1. The average Bonchev–Trinajstić information content (AvgIpc) is 3.05. The molecule has 27 heavy (non-hydrogen) atoms. The molecule has 0 aliphatic carbocycles. The third kappa shape index (κ3) is 2.54. The highest BCUT2D eigenvalue weighted by molar-refractivity contribution is 6.15. The Morgan fingerprint density at radius 3 is 2.44 bits per heavy atom. The van der Waals surface area contributed by atoms with E-state index in [0.29, 0.717) is 24.4 Å². The van der Waals surface area contributed by atoms with Crippen molar-refractivity contribution in [2.45, 2.75) is 13.8 Å². The van der Waals surface area contributed by atoms with Crippen molar-refractivity contribution in [1.29, 1.82) is 0 Å². The summed E-state index contributed by atoms with van der Waals surface area (Å²) < 4.78 is 0. The molecule has 0 atom stereocenters. The number of nitrogens with zero attached hydrogens (tertiary/aromatic N) is 2. The molecule has 0 bridgehead atoms. The van der Waals surface area contributed by atoms with Gasteiger partial charge in [-0.3, -0.25) is 9.78 Å². The molecule has 2 N–H and O–H groups in total. The minimum absolute atomic E-state index is 0.130. The van der Waals surface area contributed by atoms with Gasteiger partial charge in [-0.15, -0.1) is 13.2 Å². The second-order valence-electron chi connectivity index (χ2n) is 6.77. The second-order valence-corrected chi connectivity index (χ2v) is 6.77. The lowest BCUT2D eigenvalue weighted by Crippen LogP contribution is -2.28. The van der Waals surface area contributed by atoms with Crippen molar-refractivity contribution in [1.82, 2.24) is 15.0 Å². The van der Waals surface area contributed by atoms with Crippen molar-refractivity contribution in [3.8, 4) is 0 Å². The zero-order chi connectivity index (χ0) is 19.1. The van der Waals surface area contributed by atoms with Crippen LogP contribution in [-0.4, -0.2) is 28.0 Å². The van der Waals surface area contributed by atoms with E-state index in [1.54, 1.807) is 12.2 Å². The van der Waals surface area contributed by atoms with Crippen molar-refractivity contribution in [2.24, 2.45) is 0 Å². The van der Waals surface area contributed by atoms with Crippen LogP contribution in [0.2, 0.25) is 0 Å². The number of rotatable bonds is 5. The molecule has 0 spiro atoms. The number of para-hydroxylation sites is 1. The molecule has 4 rings (SSSR count). The van der Waals surface area contributed by atoms with Gasteiger partial charge in [-0.25, -0.2) is 4.98 Å². The minimum atomic E-state index is -0.130. The third-order valence-electron chi connectivity index (χ3n) is 5.09. The van der Waals surface area contributed by atoms with Gasteiger partial charge in [0.25, 0.3) is 5.56 Å². The number of hydrogen-bond acceptors (Lipinski definition) is 3. The SMILES string of the molecule is C=CCN(CC=C)c1nc2c(C)c3c([nH]c4ccccc43)c(C)c2c(=O)[nH]1. The number of benzene rings is 2. The summed E-state index contributed by atoms with van der Waals surface area (Å²) in [6.45, 7) is 12.7. The molecule has 0 saturated heterocycles. The maximum absolute atomic E-state index is 13.0. The fourth-order valence-corrected chi connectivity index (χ4v) is 3.85. The van der Waals surface area contributed by atoms with Crippen LogP contribution in [-0.2, 0) is 0 Å². The standard InChI is InChI=1S/C22H22N4O/c1-5-11-26(12-6-2)22-24-20-13(3)17-15-9-7-8-10-16(15)23-19(17)14(4)18(20)21(27)25-22/h5-10,23H,1-2,11-12H2,3-4H3,(H,24,25,27). The summed E-state index contributed by atoms with van der Waals surface area (Å²) in [5.41, 5.74) is 4.59. The van der Waals surface area contributed by atoms with Gasteiger partial charge in [0.15, 0.2) is 0 Å². The van der Waals surface area contributed by atoms with Gasteiger partial charge in [0, 0.05) is 29.4 Å². The molecule has 2 heterocycles. The predicted octanol–water partition coefficient (Wildman–Crippen LogP) is 4.35. The van der Waals surface area contributed by atoms with E-state index in [9.17, 15) is 4.79 Å². The zero-order valence-electron chi connectivity index (χ0n) is 15.6. The maximum Gasteiger partial charge on any atom is 0.260 e. The van der Waals surface area contributed by atoms with Gasteiger partial charge >= 0.3 is 0 Å². The van der Waals surface area contributed by atoms with Gasteiger partial charge in [-0.2, -0.15) is 0 Å². The van der Waals surface area contributed by atoms with E-state index >= 15 is 0 Å². The highest BCUT2D eigenvalue weighted by Crippen LogP contribution is 2.34. The Balaban J connectivity index is 2.12. The molecule has 5 nitrogen and oxygen atoms in total. The van der Waals surface area contributed by atoms with Crippen molar-refractivity contribution >= 4 is 38.7 Å². The van der Waals surface area contributed by atoms with Crippen molar-refractivity contribution in [3.05, 3.63) is 71.1 Å². The number of aromatic nitrogens is 3. The third-order valence-corrected chi connectivity index (χ3v) is 5.09. The lowest BCUT2D eigenvalue weighted by Gasteiger charge is -2.20. The van der Waals surface area contributed by atoms with Crippen molar-refractivity contribution in [2.75, 3.05) is 18.0 Å². The molecule has 0 amide bonds. The van der Waals surface area contributed by atoms with Crippen LogP contribution in [0.3, 0.4) is 0 Å². The first-order valence-corrected chi connectivity index (χ1v) is 8.97. The van der Waals surface area contributed by atoms with E-state index in [0.717, 1.165) is 38.4 Å². The molecular weight excluding hydrogens is 336 g/mol. The van der Waals surface area contributed by atoms with Crippen LogP contribution in [0.25, 0.3) is 32.7 Å². The normalized spacial score (nSPS) is 11.3. The van der Waals surface area contributed by atoms with Crippen LogP contribution in [0.4, 0.5) is 5.95 Å². The van der Waals surface area contributed by atoms with E-state index in [1.807, 2.05) is 30.9 Å². The first-order chi connectivity index (χ1) is 13.1. The molecule has 0 unspecified atom stereocenters. The number of aromatic amines is 2. The quantitative estimate of drug-likeness (QED) is 0.521. The molecule has 136 valence electrons. The Labute approximate surface area is 157 Å². The van der Waals surface area contributed by atoms with Crippen LogP contribution < -0.4 is 10.5 Å². The summed E-state index contributed by atoms with van der Waals surface area (Å²) >= 11 is 0. The number of aryl methyl sites for hydroxylation is 2. The summed E-state index contributed by atoms with van der Waals surface area (Å²) in [4.78, 5) is 26.1. The van der Waals surface area contributed by atoms with Crippen LogP contribution in [0.15, 0.2) is 54.4 Å². The smallest absolute Gasteiger partial charge is 0.260 e. The van der Waals surface area contributed by atoms with E-state index < -0.39 is 0 Å². The average molecular weight is 358 g/mol. The molecule has 4 aromatic rings. The van der Waals surface area contributed by atoms with Crippen molar-refractivity contribution < 1.29 is 0 Å². The number of hydrogen-bond donors (Lipinski definition) is 2. The van der Waals surface area contributed by atoms with E-state index in [1.165, 1.54) is 0 Å². The Hall–Kier alpha value is -3.34. The van der Waals surface area contributed by atoms with E-state index in [2.05, 4.69) is 35.3 Å². The molecule has 0 aliphatic rings. The Morgan fingerprint density at radius 2 is 1.74 bits per heavy atom. The second kappa shape index (κ2) is 6.43. The summed E-state index contributed by atoms with van der Waals surface area (Å²) in [6, 6.07) is 8.19. The predicted molar refractivity (Wildman–Crippen MR) is 114 cm³/mol. The molecule has 2 aromatic heterocycles. The molecule has 0 aliphatic heterocycles. The number of anilines is 1. The van der Waals surface area contributed by atoms with Crippen LogP contribution in [0.5, 0.6) is 0 Å². The summed E-state index contributed by atoms with van der Waals surface area (Å²) in [6.07, 6.45) is 3.57. The molecular formula is C22H22N4O. The number of H-pyrrole nitrogens is 2. The van der Waals surface area contributed by atoms with Crippen LogP contribution in [0, 0.1) is 13.8 Å². The monoisotopic (exact) mass is 358 g/mol. The van der Waals surface area contributed by atoms with Gasteiger partial charge in [-0.1, -0.05) is 30.4 Å². The first-order valence-electron chi connectivity index (χ1n) is 8.97. The number of nitrogens with one attached hydrogen (secondary N) is 2. The van der Waals surface area contributed by atoms with Crippen molar-refractivity contribution in [3.63, 3.8) is 0 Å². The molecule has 0 saturated carbocycles. The largest absolute Gasteiger partial charge is 0.354 e. The topological polar surface area (TPSA) is 64.8 Å². The highest BCUT2D eigenvalue weighted by Gasteiger charge is 2.18. The maximum atomic E-state index is 13.0. The zero-order valence-corrected chi connectivity index (χ0v) is 15.6. The molecule has 2 aromatic carbocycles. The molecule has 5 heteroatoms. The summed E-state index contributed by atoms with van der Waals surface area (Å²) in [7, 11) is 0. The Bertz CT molecular complexity index is 1250. The van der Waals surface area contributed by atoms with Gasteiger partial charge < -0.3 is 9.88 Å². The summed E-state index contributed by atoms with van der Waals surface area (Å²) in [5.74, 6) is 0.536. The van der Waals surface area contributed by atoms with Crippen LogP contribution >= 0.6 is 0 Å². The van der Waals surface area contributed by atoms with Gasteiger partial charge in [0.1, 0.15) is 0 Å². The number of fused-ring (bicyclic) bond motifs is 4. The minimum Gasteiger partial charge on any atom is -0.354 e. The molecule has 0 fully saturated rings. The fraction of sp³-hybridized carbons (Fsp3) is 0.182. The summed E-state index contributed by atoms with van der Waals surface area (Å²) in [5, 5.41) is 2.90. The lowest BCUT2D eigenvalue weighted by molar-refractivity contribution is 0.891. The van der Waals surface area contributed by atoms with Gasteiger partial charge in [0.05, 0.1) is 16.4 Å². The Kier molecular flexibility index (Phi) is 4.07. The van der Waals surface area contributed by atoms with Crippen LogP contribution in [0.1, 0.15) is 11.1 Å². The fourth-order valence-electron chi connectivity index (χ4n) is 3.85. The van der Waals surface area contributed by atoms with Gasteiger partial charge in [-0.05, 0) is 31.0 Å². The Morgan fingerprint density at radius 1 is 1.04 bits per heavy atom.